The summed E-state index contributed by atoms with van der Waals surface area (Å²) in [4.78, 5) is 23.8. The van der Waals surface area contributed by atoms with E-state index in [1.54, 1.807) is 24.3 Å². The van der Waals surface area contributed by atoms with E-state index in [1.165, 1.54) is 0 Å². The Bertz CT molecular complexity index is 686. The lowest BCUT2D eigenvalue weighted by molar-refractivity contribution is -0.114. The molecule has 0 bridgehead atoms. The van der Waals surface area contributed by atoms with Crippen molar-refractivity contribution in [3.05, 3.63) is 57.7 Å². The molecule has 0 unspecified atom stereocenters. The van der Waals surface area contributed by atoms with Gasteiger partial charge in [-0.1, -0.05) is 6.07 Å². The Hall–Kier alpha value is -2.09. The average molecular weight is 423 g/mol. The molecule has 0 spiro atoms. The molecule has 0 aromatic heterocycles. The first-order chi connectivity index (χ1) is 11.1. The molecule has 0 aliphatic carbocycles. The third-order valence-electron chi connectivity index (χ3n) is 3.04. The van der Waals surface area contributed by atoms with Crippen molar-refractivity contribution in [1.29, 1.82) is 0 Å². The van der Waals surface area contributed by atoms with Gasteiger partial charge in [-0.05, 0) is 72.0 Å². The predicted molar refractivity (Wildman–Crippen MR) is 101 cm³/mol. The molecular formula is C17H18IN3O2. The summed E-state index contributed by atoms with van der Waals surface area (Å²) >= 11 is 2.23. The fourth-order valence-corrected chi connectivity index (χ4v) is 2.32. The molecular weight excluding hydrogens is 405 g/mol. The van der Waals surface area contributed by atoms with E-state index in [9.17, 15) is 9.59 Å². The first kappa shape index (κ1) is 17.3. The van der Waals surface area contributed by atoms with E-state index < -0.39 is 0 Å². The minimum Gasteiger partial charge on any atom is -0.376 e. The highest BCUT2D eigenvalue weighted by molar-refractivity contribution is 14.1. The summed E-state index contributed by atoms with van der Waals surface area (Å²) < 4.78 is 1.14. The largest absolute Gasteiger partial charge is 0.376 e. The van der Waals surface area contributed by atoms with Gasteiger partial charge in [-0.2, -0.15) is 0 Å². The highest BCUT2D eigenvalue weighted by atomic mass is 127. The molecule has 23 heavy (non-hydrogen) atoms. The van der Waals surface area contributed by atoms with E-state index in [0.717, 1.165) is 9.26 Å². The van der Waals surface area contributed by atoms with E-state index in [1.807, 2.05) is 31.2 Å². The van der Waals surface area contributed by atoms with Gasteiger partial charge in [0.2, 0.25) is 5.91 Å². The number of carbonyl (C=O) groups is 2. The van der Waals surface area contributed by atoms with Crippen molar-refractivity contribution in [2.24, 2.45) is 0 Å². The average Bonchev–Trinajstić information content (AvgIpc) is 2.55. The quantitative estimate of drug-likeness (QED) is 0.626. The number of anilines is 2. The monoisotopic (exact) mass is 423 g/mol. The number of hydrogen-bond acceptors (Lipinski definition) is 3. The summed E-state index contributed by atoms with van der Waals surface area (Å²) in [6.07, 6.45) is 0. The van der Waals surface area contributed by atoms with E-state index in [0.29, 0.717) is 17.8 Å². The smallest absolute Gasteiger partial charge is 0.251 e. The number of benzene rings is 2. The molecule has 2 aromatic rings. The first-order valence-corrected chi connectivity index (χ1v) is 8.34. The molecule has 0 heterocycles. The zero-order valence-corrected chi connectivity index (χ0v) is 14.9. The first-order valence-electron chi connectivity index (χ1n) is 7.26. The van der Waals surface area contributed by atoms with Crippen molar-refractivity contribution in [2.45, 2.75) is 6.92 Å². The second-order valence-corrected chi connectivity index (χ2v) is 6.09. The van der Waals surface area contributed by atoms with Gasteiger partial charge in [-0.15, -0.1) is 0 Å². The molecule has 2 rings (SSSR count). The van der Waals surface area contributed by atoms with Gasteiger partial charge >= 0.3 is 0 Å². The number of carbonyl (C=O) groups excluding carboxylic acids is 2. The Morgan fingerprint density at radius 1 is 1.04 bits per heavy atom. The lowest BCUT2D eigenvalue weighted by atomic mass is 10.2. The summed E-state index contributed by atoms with van der Waals surface area (Å²) in [5, 5.41) is 8.56. The third-order valence-corrected chi connectivity index (χ3v) is 3.76. The van der Waals surface area contributed by atoms with Crippen LogP contribution in [0.25, 0.3) is 0 Å². The lowest BCUT2D eigenvalue weighted by Gasteiger charge is -2.09. The Balaban J connectivity index is 1.91. The molecule has 0 radical (unpaired) electrons. The van der Waals surface area contributed by atoms with Crippen molar-refractivity contribution < 1.29 is 9.59 Å². The van der Waals surface area contributed by atoms with Crippen LogP contribution >= 0.6 is 22.6 Å². The molecule has 0 atom stereocenters. The van der Waals surface area contributed by atoms with Crippen LogP contribution in [0.2, 0.25) is 0 Å². The van der Waals surface area contributed by atoms with Gasteiger partial charge in [0.15, 0.2) is 0 Å². The lowest BCUT2D eigenvalue weighted by Crippen LogP contribution is -2.24. The molecule has 5 nitrogen and oxygen atoms in total. The number of halogens is 1. The van der Waals surface area contributed by atoms with Crippen LogP contribution in [0.1, 0.15) is 17.3 Å². The van der Waals surface area contributed by atoms with Crippen LogP contribution in [0.15, 0.2) is 48.5 Å². The standard InChI is InChI=1S/C17H18IN3O2/c1-2-19-17(23)12-4-3-5-15(10-12)21-16(22)11-20-14-8-6-13(18)7-9-14/h3-10,20H,2,11H2,1H3,(H,19,23)(H,21,22). The second-order valence-electron chi connectivity index (χ2n) is 4.85. The van der Waals surface area contributed by atoms with Crippen molar-refractivity contribution in [2.75, 3.05) is 23.7 Å². The summed E-state index contributed by atoms with van der Waals surface area (Å²) in [7, 11) is 0. The molecule has 6 heteroatoms. The number of rotatable bonds is 6. The van der Waals surface area contributed by atoms with Gasteiger partial charge in [0.05, 0.1) is 6.54 Å². The van der Waals surface area contributed by atoms with Crippen LogP contribution in [0, 0.1) is 3.57 Å². The minimum absolute atomic E-state index is 0.152. The summed E-state index contributed by atoms with van der Waals surface area (Å²) in [6.45, 7) is 2.58. The summed E-state index contributed by atoms with van der Waals surface area (Å²) in [5.41, 5.74) is 2.01. The molecule has 120 valence electrons. The van der Waals surface area contributed by atoms with Crippen LogP contribution in [-0.2, 0) is 4.79 Å². The molecule has 3 N–H and O–H groups in total. The van der Waals surface area contributed by atoms with E-state index in [2.05, 4.69) is 38.5 Å². The number of nitrogens with one attached hydrogen (secondary N) is 3. The van der Waals surface area contributed by atoms with E-state index in [-0.39, 0.29) is 18.4 Å². The van der Waals surface area contributed by atoms with Gasteiger partial charge in [0.25, 0.3) is 5.91 Å². The maximum absolute atomic E-state index is 12.0. The highest BCUT2D eigenvalue weighted by Gasteiger charge is 2.07. The van der Waals surface area contributed by atoms with Gasteiger partial charge in [0.1, 0.15) is 0 Å². The highest BCUT2D eigenvalue weighted by Crippen LogP contribution is 2.12. The van der Waals surface area contributed by atoms with Gasteiger partial charge < -0.3 is 16.0 Å². The maximum Gasteiger partial charge on any atom is 0.251 e. The fraction of sp³-hybridized carbons (Fsp3) is 0.176. The van der Waals surface area contributed by atoms with Crippen molar-refractivity contribution in [3.8, 4) is 0 Å². The van der Waals surface area contributed by atoms with Crippen molar-refractivity contribution in [3.63, 3.8) is 0 Å². The molecule has 0 aliphatic heterocycles. The summed E-state index contributed by atoms with van der Waals surface area (Å²) in [5.74, 6) is -0.322. The molecule has 2 aromatic carbocycles. The van der Waals surface area contributed by atoms with Crippen molar-refractivity contribution in [1.82, 2.24) is 5.32 Å². The Labute approximate surface area is 149 Å². The van der Waals surface area contributed by atoms with E-state index in [4.69, 9.17) is 0 Å². The maximum atomic E-state index is 12.0. The Kier molecular flexibility index (Phi) is 6.40. The topological polar surface area (TPSA) is 70.2 Å². The molecule has 0 aliphatic rings. The van der Waals surface area contributed by atoms with Gasteiger partial charge in [-0.25, -0.2) is 0 Å². The zero-order valence-electron chi connectivity index (χ0n) is 12.7. The third kappa shape index (κ3) is 5.55. The zero-order chi connectivity index (χ0) is 16.7. The van der Waals surface area contributed by atoms with Crippen molar-refractivity contribution >= 4 is 45.8 Å². The molecule has 0 saturated carbocycles. The second kappa shape index (κ2) is 8.52. The predicted octanol–water partition coefficient (Wildman–Crippen LogP) is 3.09. The fourth-order valence-electron chi connectivity index (χ4n) is 1.96. The van der Waals surface area contributed by atoms with E-state index >= 15 is 0 Å². The van der Waals surface area contributed by atoms with Crippen LogP contribution in [0.5, 0.6) is 0 Å². The van der Waals surface area contributed by atoms with Crippen LogP contribution in [-0.4, -0.2) is 24.9 Å². The van der Waals surface area contributed by atoms with Crippen LogP contribution < -0.4 is 16.0 Å². The molecule has 0 saturated heterocycles. The normalized spacial score (nSPS) is 10.0. The number of hydrogen-bond donors (Lipinski definition) is 3. The van der Waals surface area contributed by atoms with Gasteiger partial charge in [-0.3, -0.25) is 9.59 Å². The Morgan fingerprint density at radius 3 is 2.48 bits per heavy atom. The Morgan fingerprint density at radius 2 is 1.78 bits per heavy atom. The van der Waals surface area contributed by atoms with Crippen LogP contribution in [0.4, 0.5) is 11.4 Å². The van der Waals surface area contributed by atoms with Crippen LogP contribution in [0.3, 0.4) is 0 Å². The SMILES string of the molecule is CCNC(=O)c1cccc(NC(=O)CNc2ccc(I)cc2)c1. The molecule has 0 fully saturated rings. The minimum atomic E-state index is -0.170. The molecule has 2 amide bonds. The number of amides is 2. The van der Waals surface area contributed by atoms with Gasteiger partial charge in [0, 0.05) is 27.1 Å². The summed E-state index contributed by atoms with van der Waals surface area (Å²) in [6, 6.07) is 14.7.